The molecule has 0 saturated heterocycles. The number of fused-ring (bicyclic) bond motifs is 19. The van der Waals surface area contributed by atoms with Crippen molar-refractivity contribution in [1.82, 2.24) is 0 Å². The number of nitrogens with zero attached hydrogens (tertiary/aromatic N) is 4. The van der Waals surface area contributed by atoms with Crippen LogP contribution < -0.4 is 94.6 Å². The molecule has 1 aromatic heterocycles. The first kappa shape index (κ1) is 60.9. The van der Waals surface area contributed by atoms with E-state index in [2.05, 4.69) is 396 Å². The van der Waals surface area contributed by atoms with Crippen LogP contribution in [-0.2, 0) is 0 Å². The zero-order chi connectivity index (χ0) is 70.2. The smallest absolute Gasteiger partial charge is 0.246 e. The number of anilines is 12. The van der Waals surface area contributed by atoms with Crippen LogP contribution in [0.15, 0.2) is 381 Å². The van der Waals surface area contributed by atoms with Crippen molar-refractivity contribution < 1.29 is 13.9 Å². The Kier molecular flexibility index (Phi) is 14.0. The summed E-state index contributed by atoms with van der Waals surface area (Å²) in [4.78, 5) is 9.89. The largest absolute Gasteiger partial charge is 0.454 e. The molecule has 11 heteroatoms. The third-order valence-corrected chi connectivity index (χ3v) is 22.7. The summed E-state index contributed by atoms with van der Waals surface area (Å²) in [6.07, 6.45) is 0. The summed E-state index contributed by atoms with van der Waals surface area (Å²) in [5.74, 6) is 2.54. The van der Waals surface area contributed by atoms with Crippen molar-refractivity contribution in [2.24, 2.45) is 0 Å². The summed E-state index contributed by atoms with van der Waals surface area (Å²) in [6, 6.07) is 137. The van der Waals surface area contributed by atoms with E-state index in [0.29, 0.717) is 23.0 Å². The second kappa shape index (κ2) is 24.5. The Morgan fingerprint density at radius 2 is 0.561 bits per heavy atom. The fourth-order valence-electron chi connectivity index (χ4n) is 18.4. The summed E-state index contributed by atoms with van der Waals surface area (Å²) in [6.45, 7) is -0.978. The molecular weight excluding hydrogens is 1300 g/mol. The van der Waals surface area contributed by atoms with Crippen LogP contribution in [0.1, 0.15) is 0 Å². The SMILES string of the molecule is c1ccc(B2c3ccccc3N(c3ccccc3)c3c4c(c5c(c32)B(c2ccccc2)c2ccccc2N5c2ccccc2)Oc2cc(-c3cccc(B5c6ccccc6N(c6ccccc6)c6c5c5c(c7oc8ccccc8c67)N(c6ccccc6)c6ccccc6B5c5ccccc5)c3)ccc2O4)cc1. The molecule has 0 N–H and O–H groups in total. The van der Waals surface area contributed by atoms with Gasteiger partial charge in [0.15, 0.2) is 28.6 Å². The van der Waals surface area contributed by atoms with Gasteiger partial charge in [-0.3, -0.25) is 0 Å². The number of hydrogen-bond acceptors (Lipinski definition) is 7. The van der Waals surface area contributed by atoms with E-state index in [1.807, 2.05) is 0 Å². The molecule has 107 heavy (non-hydrogen) atoms. The molecule has 6 heterocycles. The summed E-state index contributed by atoms with van der Waals surface area (Å²) in [5, 5.41) is 2.12. The number of benzene rings is 16. The van der Waals surface area contributed by atoms with Crippen molar-refractivity contribution >= 4 is 183 Å². The molecule has 496 valence electrons. The molecule has 7 nitrogen and oxygen atoms in total. The predicted octanol–water partition coefficient (Wildman–Crippen LogP) is 16.3. The maximum absolute atomic E-state index is 8.01. The molecule has 0 unspecified atom stereocenters. The highest BCUT2D eigenvalue weighted by Gasteiger charge is 2.51. The Morgan fingerprint density at radius 3 is 1.01 bits per heavy atom. The van der Waals surface area contributed by atoms with Crippen LogP contribution in [0.3, 0.4) is 0 Å². The maximum Gasteiger partial charge on any atom is 0.246 e. The van der Waals surface area contributed by atoms with Crippen molar-refractivity contribution in [2.75, 3.05) is 19.6 Å². The molecule has 0 amide bonds. The van der Waals surface area contributed by atoms with Gasteiger partial charge in [0.25, 0.3) is 0 Å². The molecule has 16 aromatic carbocycles. The highest BCUT2D eigenvalue weighted by molar-refractivity contribution is 7.08. The Bertz CT molecular complexity index is 6390. The molecule has 5 aliphatic rings. The minimum Gasteiger partial charge on any atom is -0.454 e. The third-order valence-electron chi connectivity index (χ3n) is 22.7. The molecule has 22 rings (SSSR count). The van der Waals surface area contributed by atoms with Gasteiger partial charge < -0.3 is 33.5 Å². The zero-order valence-corrected chi connectivity index (χ0v) is 58.1. The van der Waals surface area contributed by atoms with Gasteiger partial charge in [-0.15, -0.1) is 0 Å². The van der Waals surface area contributed by atoms with E-state index < -0.39 is 0 Å². The molecule has 0 fully saturated rings. The van der Waals surface area contributed by atoms with Crippen molar-refractivity contribution in [3.8, 4) is 34.1 Å². The van der Waals surface area contributed by atoms with Gasteiger partial charge in [0, 0.05) is 50.9 Å². The van der Waals surface area contributed by atoms with E-state index in [4.69, 9.17) is 13.9 Å². The summed E-state index contributed by atoms with van der Waals surface area (Å²) in [5.41, 5.74) is 30.5. The predicted molar refractivity (Wildman–Crippen MR) is 449 cm³/mol. The average Bonchev–Trinajstić information content (AvgIpc) is 1.66. The summed E-state index contributed by atoms with van der Waals surface area (Å²) in [7, 11) is 0. The fourth-order valence-corrected chi connectivity index (χ4v) is 18.4. The van der Waals surface area contributed by atoms with Gasteiger partial charge >= 0.3 is 0 Å². The second-order valence-electron chi connectivity index (χ2n) is 28.4. The molecule has 0 spiro atoms. The topological polar surface area (TPSA) is 44.6 Å². The van der Waals surface area contributed by atoms with E-state index in [1.54, 1.807) is 0 Å². The monoisotopic (exact) mass is 1360 g/mol. The normalized spacial score (nSPS) is 13.4. The number of rotatable bonds is 9. The van der Waals surface area contributed by atoms with Crippen LogP contribution in [0.5, 0.6) is 23.0 Å². The van der Waals surface area contributed by atoms with Gasteiger partial charge in [-0.1, -0.05) is 307 Å². The molecule has 0 radical (unpaired) electrons. The Labute approximate surface area is 622 Å². The van der Waals surface area contributed by atoms with Crippen molar-refractivity contribution in [3.63, 3.8) is 0 Å². The number of furan rings is 1. The molecule has 5 aliphatic heterocycles. The van der Waals surface area contributed by atoms with E-state index in [0.717, 1.165) is 118 Å². The highest BCUT2D eigenvalue weighted by atomic mass is 16.6. The number of hydrogen-bond donors (Lipinski definition) is 0. The van der Waals surface area contributed by atoms with Crippen LogP contribution in [0, 0.1) is 0 Å². The second-order valence-corrected chi connectivity index (χ2v) is 28.4. The van der Waals surface area contributed by atoms with Gasteiger partial charge in [-0.05, 0) is 146 Å². The number of para-hydroxylation sites is 9. The third kappa shape index (κ3) is 9.33. The molecule has 0 aliphatic carbocycles. The first-order valence-electron chi connectivity index (χ1n) is 36.9. The molecule has 17 aromatic rings. The fraction of sp³-hybridized carbons (Fsp3) is 0. The van der Waals surface area contributed by atoms with Crippen LogP contribution in [-0.4, -0.2) is 26.9 Å². The molecule has 0 atom stereocenters. The lowest BCUT2D eigenvalue weighted by atomic mass is 9.26. The van der Waals surface area contributed by atoms with Crippen LogP contribution in [0.2, 0.25) is 0 Å². The van der Waals surface area contributed by atoms with Crippen LogP contribution in [0.25, 0.3) is 33.1 Å². The Balaban J connectivity index is 0.794. The van der Waals surface area contributed by atoms with Gasteiger partial charge in [0.2, 0.25) is 26.9 Å². The van der Waals surface area contributed by atoms with E-state index in [9.17, 15) is 0 Å². The van der Waals surface area contributed by atoms with Crippen LogP contribution in [0.4, 0.5) is 68.2 Å². The molecule has 0 bridgehead atoms. The van der Waals surface area contributed by atoms with Crippen molar-refractivity contribution in [1.29, 1.82) is 0 Å². The standard InChI is InChI=1S/C96H62B4N4O3/c1-8-34-65(35-9-1)97-74-50-23-28-55-79(74)102(70-43-16-5-17-44-70)91-87(97)86-90(85-73-49-22-31-58-82(73)105-94(85)91)101(69-41-14-4-15-42-69)78-54-27-26-53-77(78)100(86)68-40-32-33-63(61-68)64-59-60-83-84(62-64)107-96-93-89(99(67-38-12-3-13-39-67)76-52-25-30-57-81(76)104(93)72-47-20-7-21-48-72)88-92(95(96)106-83)103(71-45-18-6-19-46-71)80-56-29-24-51-75(80)98(88)66-36-10-2-11-37-66/h1-62H. The zero-order valence-electron chi connectivity index (χ0n) is 58.1. The van der Waals surface area contributed by atoms with E-state index in [-0.39, 0.29) is 26.9 Å². The minimum atomic E-state index is -0.300. The highest BCUT2D eigenvalue weighted by Crippen LogP contribution is 2.59. The summed E-state index contributed by atoms with van der Waals surface area (Å²) < 4.78 is 23.4. The van der Waals surface area contributed by atoms with Crippen LogP contribution >= 0.6 is 0 Å². The van der Waals surface area contributed by atoms with Crippen molar-refractivity contribution in [3.05, 3.63) is 376 Å². The van der Waals surface area contributed by atoms with Gasteiger partial charge in [0.1, 0.15) is 5.58 Å². The molecular formula is C96H62B4N4O3. The maximum atomic E-state index is 8.01. The number of ether oxygens (including phenoxy) is 2. The van der Waals surface area contributed by atoms with E-state index >= 15 is 0 Å². The first-order valence-corrected chi connectivity index (χ1v) is 36.9. The summed E-state index contributed by atoms with van der Waals surface area (Å²) >= 11 is 0. The Morgan fingerprint density at radius 1 is 0.234 bits per heavy atom. The van der Waals surface area contributed by atoms with E-state index in [1.165, 1.54) is 49.2 Å². The van der Waals surface area contributed by atoms with Gasteiger partial charge in [-0.25, -0.2) is 0 Å². The molecule has 0 saturated carbocycles. The average molecular weight is 1360 g/mol. The Hall–Kier alpha value is -13.6. The van der Waals surface area contributed by atoms with Crippen molar-refractivity contribution in [2.45, 2.75) is 0 Å². The quantitative estimate of drug-likeness (QED) is 0.133. The minimum absolute atomic E-state index is 0.215. The first-order chi connectivity index (χ1) is 53.2. The van der Waals surface area contributed by atoms with Gasteiger partial charge in [0.05, 0.1) is 28.1 Å². The lowest BCUT2D eigenvalue weighted by Gasteiger charge is -2.45. The van der Waals surface area contributed by atoms with Gasteiger partial charge in [-0.2, -0.15) is 0 Å². The lowest BCUT2D eigenvalue weighted by Crippen LogP contribution is -2.69. The lowest BCUT2D eigenvalue weighted by molar-refractivity contribution is 0.362.